The molecule has 114 valence electrons. The Bertz CT molecular complexity index is 663. The Balaban J connectivity index is 2.28. The molecule has 0 saturated carbocycles. The molecule has 0 spiro atoms. The molecule has 0 aliphatic heterocycles. The van der Waals surface area contributed by atoms with Crippen molar-refractivity contribution in [2.75, 3.05) is 5.73 Å². The number of nitrogens with two attached hydrogens (primary N) is 1. The Kier molecular flexibility index (Phi) is 4.83. The van der Waals surface area contributed by atoms with Crippen molar-refractivity contribution in [1.29, 1.82) is 0 Å². The van der Waals surface area contributed by atoms with Crippen LogP contribution in [-0.4, -0.2) is 16.9 Å². The summed E-state index contributed by atoms with van der Waals surface area (Å²) < 4.78 is 1.03. The van der Waals surface area contributed by atoms with Gasteiger partial charge >= 0.3 is 0 Å². The van der Waals surface area contributed by atoms with Crippen LogP contribution in [0, 0.1) is 13.8 Å². The fraction of sp³-hybridized carbons (Fsp3) is 0.500. The van der Waals surface area contributed by atoms with Crippen molar-refractivity contribution in [3.63, 3.8) is 0 Å². The third kappa shape index (κ3) is 3.35. The van der Waals surface area contributed by atoms with Gasteiger partial charge in [-0.2, -0.15) is 0 Å². The number of rotatable bonds is 5. The summed E-state index contributed by atoms with van der Waals surface area (Å²) in [6.07, 6.45) is 3.24. The van der Waals surface area contributed by atoms with E-state index in [1.165, 1.54) is 11.3 Å². The highest BCUT2D eigenvalue weighted by Gasteiger charge is 2.19. The average Bonchev–Trinajstić information content (AvgIpc) is 2.73. The molecule has 0 aromatic carbocycles. The van der Waals surface area contributed by atoms with Crippen molar-refractivity contribution in [3.05, 3.63) is 22.3 Å². The van der Waals surface area contributed by atoms with Gasteiger partial charge in [0.05, 0.1) is 5.69 Å². The first-order valence-electron chi connectivity index (χ1n) is 7.41. The van der Waals surface area contributed by atoms with Crippen molar-refractivity contribution in [2.24, 2.45) is 0 Å². The van der Waals surface area contributed by atoms with Gasteiger partial charge in [-0.05, 0) is 33.3 Å². The van der Waals surface area contributed by atoms with E-state index in [1.54, 1.807) is 0 Å². The second-order valence-corrected chi connectivity index (χ2v) is 6.64. The Morgan fingerprint density at radius 1 is 1.48 bits per heavy atom. The van der Waals surface area contributed by atoms with E-state index in [9.17, 15) is 4.79 Å². The summed E-state index contributed by atoms with van der Waals surface area (Å²) in [5.74, 6) is -0.0747. The number of carbonyl (C=O) groups excluding carboxylic acids is 1. The molecule has 0 fully saturated rings. The van der Waals surface area contributed by atoms with Gasteiger partial charge in [0, 0.05) is 27.5 Å². The van der Waals surface area contributed by atoms with Crippen LogP contribution in [0.15, 0.2) is 6.07 Å². The molecule has 0 aliphatic carbocycles. The number of amides is 1. The first-order chi connectivity index (χ1) is 9.93. The van der Waals surface area contributed by atoms with Gasteiger partial charge in [0.1, 0.15) is 4.88 Å². The monoisotopic (exact) mass is 305 g/mol. The molecule has 2 rings (SSSR count). The molecule has 2 aromatic heterocycles. The maximum absolute atomic E-state index is 12.4. The van der Waals surface area contributed by atoms with Gasteiger partial charge in [-0.3, -0.25) is 9.78 Å². The van der Waals surface area contributed by atoms with E-state index in [2.05, 4.69) is 17.2 Å². The predicted molar refractivity (Wildman–Crippen MR) is 90.0 cm³/mol. The first-order valence-corrected chi connectivity index (χ1v) is 8.22. The summed E-state index contributed by atoms with van der Waals surface area (Å²) in [5, 5.41) is 3.95. The van der Waals surface area contributed by atoms with E-state index in [-0.39, 0.29) is 11.9 Å². The second-order valence-electron chi connectivity index (χ2n) is 5.58. The smallest absolute Gasteiger partial charge is 0.263 e. The maximum atomic E-state index is 12.4. The number of fused-ring (bicyclic) bond motifs is 1. The minimum Gasteiger partial charge on any atom is -0.397 e. The number of anilines is 1. The first kappa shape index (κ1) is 15.8. The topological polar surface area (TPSA) is 68.0 Å². The predicted octanol–water partition coefficient (Wildman–Crippen LogP) is 3.80. The maximum Gasteiger partial charge on any atom is 0.263 e. The Labute approximate surface area is 129 Å². The van der Waals surface area contributed by atoms with Crippen LogP contribution in [0.2, 0.25) is 0 Å². The van der Waals surface area contributed by atoms with E-state index < -0.39 is 0 Å². The lowest BCUT2D eigenvalue weighted by Gasteiger charge is -2.12. The molecule has 0 bridgehead atoms. The summed E-state index contributed by atoms with van der Waals surface area (Å²) >= 11 is 1.45. The number of thiophene rings is 1. The van der Waals surface area contributed by atoms with E-state index in [4.69, 9.17) is 5.73 Å². The molecule has 2 aromatic rings. The third-order valence-electron chi connectivity index (χ3n) is 3.59. The van der Waals surface area contributed by atoms with E-state index >= 15 is 0 Å². The summed E-state index contributed by atoms with van der Waals surface area (Å²) in [6.45, 7) is 8.07. The van der Waals surface area contributed by atoms with Crippen LogP contribution in [-0.2, 0) is 0 Å². The molecule has 2 heterocycles. The Hall–Kier alpha value is -1.62. The molecular weight excluding hydrogens is 282 g/mol. The van der Waals surface area contributed by atoms with Gasteiger partial charge in [-0.25, -0.2) is 0 Å². The standard InChI is InChI=1S/C16H23N3OS/c1-5-6-7-9(2)19-16(20)15-14(17)13-11(4)18-10(3)8-12(13)21-15/h8-9H,5-7,17H2,1-4H3,(H,19,20). The van der Waals surface area contributed by atoms with Crippen LogP contribution in [0.5, 0.6) is 0 Å². The molecule has 1 unspecified atom stereocenters. The highest BCUT2D eigenvalue weighted by molar-refractivity contribution is 7.21. The zero-order valence-corrected chi connectivity index (χ0v) is 13.9. The van der Waals surface area contributed by atoms with Crippen molar-refractivity contribution >= 4 is 33.0 Å². The van der Waals surface area contributed by atoms with Gasteiger partial charge in [0.2, 0.25) is 0 Å². The fourth-order valence-corrected chi connectivity index (χ4v) is 3.69. The summed E-state index contributed by atoms with van der Waals surface area (Å²) in [5.41, 5.74) is 8.57. The molecular formula is C16H23N3OS. The summed E-state index contributed by atoms with van der Waals surface area (Å²) in [7, 11) is 0. The Morgan fingerprint density at radius 2 is 2.19 bits per heavy atom. The molecule has 5 heteroatoms. The van der Waals surface area contributed by atoms with Crippen molar-refractivity contribution in [3.8, 4) is 0 Å². The summed E-state index contributed by atoms with van der Waals surface area (Å²) in [4.78, 5) is 17.4. The molecule has 3 N–H and O–H groups in total. The molecule has 0 aliphatic rings. The molecule has 21 heavy (non-hydrogen) atoms. The zero-order chi connectivity index (χ0) is 15.6. The second kappa shape index (κ2) is 6.43. The minimum absolute atomic E-state index is 0.0747. The van der Waals surface area contributed by atoms with Gasteiger partial charge in [0.25, 0.3) is 5.91 Å². The van der Waals surface area contributed by atoms with E-state index in [1.807, 2.05) is 26.8 Å². The van der Waals surface area contributed by atoms with Crippen LogP contribution < -0.4 is 11.1 Å². The number of hydrogen-bond acceptors (Lipinski definition) is 4. The fourth-order valence-electron chi connectivity index (χ4n) is 2.52. The zero-order valence-electron chi connectivity index (χ0n) is 13.1. The van der Waals surface area contributed by atoms with Crippen LogP contribution >= 0.6 is 11.3 Å². The normalized spacial score (nSPS) is 12.6. The number of nitrogen functional groups attached to an aromatic ring is 1. The number of pyridine rings is 1. The molecule has 1 amide bonds. The van der Waals surface area contributed by atoms with Gasteiger partial charge < -0.3 is 11.1 Å². The van der Waals surface area contributed by atoms with Crippen LogP contribution in [0.4, 0.5) is 5.69 Å². The van der Waals surface area contributed by atoms with E-state index in [0.717, 1.165) is 40.7 Å². The van der Waals surface area contributed by atoms with Gasteiger partial charge in [0.15, 0.2) is 0 Å². The number of unbranched alkanes of at least 4 members (excludes halogenated alkanes) is 1. The molecule has 4 nitrogen and oxygen atoms in total. The summed E-state index contributed by atoms with van der Waals surface area (Å²) in [6, 6.07) is 2.16. The highest BCUT2D eigenvalue weighted by atomic mass is 32.1. The van der Waals surface area contributed by atoms with Crippen LogP contribution in [0.3, 0.4) is 0 Å². The molecule has 1 atom stereocenters. The van der Waals surface area contributed by atoms with Crippen molar-refractivity contribution < 1.29 is 4.79 Å². The highest BCUT2D eigenvalue weighted by Crippen LogP contribution is 2.35. The SMILES string of the molecule is CCCCC(C)NC(=O)c1sc2cc(C)nc(C)c2c1N. The number of aryl methyl sites for hydroxylation is 2. The lowest BCUT2D eigenvalue weighted by molar-refractivity contribution is 0.0943. The Morgan fingerprint density at radius 3 is 2.86 bits per heavy atom. The minimum atomic E-state index is -0.0747. The lowest BCUT2D eigenvalue weighted by Crippen LogP contribution is -2.32. The number of nitrogens with zero attached hydrogens (tertiary/aromatic N) is 1. The van der Waals surface area contributed by atoms with Crippen LogP contribution in [0.25, 0.3) is 10.1 Å². The van der Waals surface area contributed by atoms with Gasteiger partial charge in [-0.15, -0.1) is 11.3 Å². The van der Waals surface area contributed by atoms with E-state index in [0.29, 0.717) is 10.6 Å². The third-order valence-corrected chi connectivity index (χ3v) is 4.74. The molecule has 0 saturated heterocycles. The van der Waals surface area contributed by atoms with Crippen molar-refractivity contribution in [1.82, 2.24) is 10.3 Å². The number of nitrogens with one attached hydrogen (secondary N) is 1. The van der Waals surface area contributed by atoms with Crippen molar-refractivity contribution in [2.45, 2.75) is 53.0 Å². The van der Waals surface area contributed by atoms with Gasteiger partial charge in [-0.1, -0.05) is 19.8 Å². The number of aromatic nitrogens is 1. The lowest BCUT2D eigenvalue weighted by atomic mass is 10.1. The van der Waals surface area contributed by atoms with Crippen LogP contribution in [0.1, 0.15) is 54.2 Å². The molecule has 0 radical (unpaired) electrons. The number of hydrogen-bond donors (Lipinski definition) is 2. The quantitative estimate of drug-likeness (QED) is 0.882. The largest absolute Gasteiger partial charge is 0.397 e. The average molecular weight is 305 g/mol. The number of carbonyl (C=O) groups is 1.